The Bertz CT molecular complexity index is 394. The lowest BCUT2D eigenvalue weighted by molar-refractivity contribution is 0.237. The maximum atomic E-state index is 6.04. The maximum absolute atomic E-state index is 6.04. The fourth-order valence-electron chi connectivity index (χ4n) is 2.35. The van der Waals surface area contributed by atoms with Crippen molar-refractivity contribution in [1.82, 2.24) is 20.2 Å². The van der Waals surface area contributed by atoms with E-state index < -0.39 is 0 Å². The van der Waals surface area contributed by atoms with E-state index >= 15 is 0 Å². The minimum absolute atomic E-state index is 0.197. The van der Waals surface area contributed by atoms with E-state index in [0.29, 0.717) is 5.15 Å². The lowest BCUT2D eigenvalue weighted by Crippen LogP contribution is -2.36. The number of rotatable bonds is 4. The van der Waals surface area contributed by atoms with Crippen molar-refractivity contribution in [2.75, 3.05) is 26.7 Å². The second kappa shape index (κ2) is 6.66. The highest BCUT2D eigenvalue weighted by Gasteiger charge is 2.16. The monoisotopic (exact) mass is 288 g/mol. The van der Waals surface area contributed by atoms with Crippen LogP contribution in [0.3, 0.4) is 0 Å². The van der Waals surface area contributed by atoms with Crippen LogP contribution in [0, 0.1) is 5.92 Å². The van der Waals surface area contributed by atoms with E-state index in [1.54, 1.807) is 6.20 Å². The van der Waals surface area contributed by atoms with E-state index in [1.165, 1.54) is 12.8 Å². The number of halogens is 2. The van der Waals surface area contributed by atoms with Gasteiger partial charge in [0.05, 0.1) is 0 Å². The van der Waals surface area contributed by atoms with E-state index in [2.05, 4.69) is 27.2 Å². The molecule has 0 aromatic carbocycles. The van der Waals surface area contributed by atoms with E-state index in [9.17, 15) is 0 Å². The minimum atomic E-state index is 0.197. The molecule has 1 aliphatic heterocycles. The van der Waals surface area contributed by atoms with E-state index in [1.807, 2.05) is 0 Å². The van der Waals surface area contributed by atoms with Gasteiger partial charge in [-0.2, -0.15) is 0 Å². The first-order valence-electron chi connectivity index (χ1n) is 6.21. The van der Waals surface area contributed by atoms with Gasteiger partial charge in [-0.3, -0.25) is 0 Å². The van der Waals surface area contributed by atoms with Crippen molar-refractivity contribution >= 4 is 23.2 Å². The Morgan fingerprint density at radius 2 is 2.33 bits per heavy atom. The van der Waals surface area contributed by atoms with E-state index in [4.69, 9.17) is 23.2 Å². The van der Waals surface area contributed by atoms with Gasteiger partial charge in [0, 0.05) is 24.8 Å². The van der Waals surface area contributed by atoms with Crippen molar-refractivity contribution in [3.8, 4) is 0 Å². The first-order valence-corrected chi connectivity index (χ1v) is 6.97. The van der Waals surface area contributed by atoms with Crippen LogP contribution in [0.15, 0.2) is 6.20 Å². The van der Waals surface area contributed by atoms with Crippen LogP contribution >= 0.6 is 23.2 Å². The largest absolute Gasteiger partial charge is 0.316 e. The van der Waals surface area contributed by atoms with Gasteiger partial charge in [-0.05, 0) is 50.5 Å². The van der Waals surface area contributed by atoms with Gasteiger partial charge < -0.3 is 10.2 Å². The van der Waals surface area contributed by atoms with Crippen LogP contribution in [-0.2, 0) is 6.54 Å². The molecule has 2 rings (SSSR count). The first-order chi connectivity index (χ1) is 8.65. The molecule has 1 saturated heterocycles. The Labute approximate surface area is 118 Å². The van der Waals surface area contributed by atoms with Crippen LogP contribution in [0.1, 0.15) is 18.4 Å². The second-order valence-corrected chi connectivity index (χ2v) is 5.56. The molecule has 1 fully saturated rings. The summed E-state index contributed by atoms with van der Waals surface area (Å²) in [6.45, 7) is 4.07. The lowest BCUT2D eigenvalue weighted by Gasteiger charge is -2.27. The maximum Gasteiger partial charge on any atom is 0.223 e. The Kier molecular flexibility index (Phi) is 5.18. The molecule has 100 valence electrons. The summed E-state index contributed by atoms with van der Waals surface area (Å²) < 4.78 is 0. The van der Waals surface area contributed by atoms with Crippen molar-refractivity contribution in [1.29, 1.82) is 0 Å². The fourth-order valence-corrected chi connectivity index (χ4v) is 2.71. The molecule has 1 aromatic rings. The molecule has 0 radical (unpaired) electrons. The number of nitrogens with zero attached hydrogens (tertiary/aromatic N) is 3. The summed E-state index contributed by atoms with van der Waals surface area (Å²) in [5.41, 5.74) is 0.923. The molecule has 6 heteroatoms. The molecule has 1 aliphatic rings. The van der Waals surface area contributed by atoms with Crippen molar-refractivity contribution in [3.63, 3.8) is 0 Å². The fraction of sp³-hybridized carbons (Fsp3) is 0.667. The van der Waals surface area contributed by atoms with Gasteiger partial charge in [0.2, 0.25) is 5.28 Å². The van der Waals surface area contributed by atoms with E-state index in [-0.39, 0.29) is 5.28 Å². The van der Waals surface area contributed by atoms with Crippen LogP contribution < -0.4 is 5.32 Å². The minimum Gasteiger partial charge on any atom is -0.316 e. The SMILES string of the molecule is CN(Cc1cnc(Cl)nc1Cl)C[C@H]1CCCNC1. The molecule has 18 heavy (non-hydrogen) atoms. The van der Waals surface area contributed by atoms with Gasteiger partial charge in [0.25, 0.3) is 0 Å². The van der Waals surface area contributed by atoms with Crippen LogP contribution in [-0.4, -0.2) is 41.5 Å². The highest BCUT2D eigenvalue weighted by atomic mass is 35.5. The van der Waals surface area contributed by atoms with Crippen LogP contribution in [0.2, 0.25) is 10.4 Å². The molecule has 0 bridgehead atoms. The second-order valence-electron chi connectivity index (χ2n) is 4.86. The van der Waals surface area contributed by atoms with Crippen molar-refractivity contribution in [2.24, 2.45) is 5.92 Å². The Balaban J connectivity index is 1.87. The van der Waals surface area contributed by atoms with Crippen LogP contribution in [0.25, 0.3) is 0 Å². The number of hydrogen-bond donors (Lipinski definition) is 1. The first kappa shape index (κ1) is 14.0. The zero-order valence-corrected chi connectivity index (χ0v) is 12.0. The third-order valence-electron chi connectivity index (χ3n) is 3.19. The average Bonchev–Trinajstić information content (AvgIpc) is 2.34. The molecule has 0 unspecified atom stereocenters. The zero-order chi connectivity index (χ0) is 13.0. The summed E-state index contributed by atoms with van der Waals surface area (Å²) >= 11 is 11.7. The van der Waals surface area contributed by atoms with Gasteiger partial charge in [-0.25, -0.2) is 9.97 Å². The summed E-state index contributed by atoms with van der Waals surface area (Å²) in [6, 6.07) is 0. The average molecular weight is 289 g/mol. The summed E-state index contributed by atoms with van der Waals surface area (Å²) in [6.07, 6.45) is 4.26. The summed E-state index contributed by atoms with van der Waals surface area (Å²) in [5, 5.41) is 4.07. The molecule has 2 heterocycles. The molecule has 0 amide bonds. The predicted octanol–water partition coefficient (Wildman–Crippen LogP) is 2.21. The normalized spacial score (nSPS) is 20.3. The topological polar surface area (TPSA) is 41.1 Å². The Hall–Kier alpha value is -0.420. The van der Waals surface area contributed by atoms with Gasteiger partial charge >= 0.3 is 0 Å². The third kappa shape index (κ3) is 4.05. The van der Waals surface area contributed by atoms with Gasteiger partial charge in [0.1, 0.15) is 5.15 Å². The summed E-state index contributed by atoms with van der Waals surface area (Å²) in [5.74, 6) is 0.718. The van der Waals surface area contributed by atoms with Crippen molar-refractivity contribution < 1.29 is 0 Å². The molecule has 0 spiro atoms. The Morgan fingerprint density at radius 3 is 3.00 bits per heavy atom. The van der Waals surface area contributed by atoms with E-state index in [0.717, 1.165) is 37.7 Å². The van der Waals surface area contributed by atoms with Crippen molar-refractivity contribution in [3.05, 3.63) is 22.2 Å². The molecular weight excluding hydrogens is 271 g/mol. The van der Waals surface area contributed by atoms with Gasteiger partial charge in [-0.15, -0.1) is 0 Å². The molecule has 0 saturated carbocycles. The smallest absolute Gasteiger partial charge is 0.223 e. The highest BCUT2D eigenvalue weighted by Crippen LogP contribution is 2.17. The number of nitrogens with one attached hydrogen (secondary N) is 1. The zero-order valence-electron chi connectivity index (χ0n) is 10.5. The van der Waals surface area contributed by atoms with Gasteiger partial charge in [0.15, 0.2) is 0 Å². The molecule has 0 aliphatic carbocycles. The molecule has 4 nitrogen and oxygen atoms in total. The number of hydrogen-bond acceptors (Lipinski definition) is 4. The standard InChI is InChI=1S/C12H18Cl2N4/c1-18(7-9-3-2-4-15-5-9)8-10-6-16-12(14)17-11(10)13/h6,9,15H,2-5,7-8H2,1H3/t9-/m0/s1. The predicted molar refractivity (Wildman–Crippen MR) is 74.0 cm³/mol. The van der Waals surface area contributed by atoms with Crippen LogP contribution in [0.5, 0.6) is 0 Å². The lowest BCUT2D eigenvalue weighted by atomic mass is 9.99. The molecule has 1 atom stereocenters. The summed E-state index contributed by atoms with van der Waals surface area (Å²) in [4.78, 5) is 10.2. The Morgan fingerprint density at radius 1 is 1.50 bits per heavy atom. The third-order valence-corrected chi connectivity index (χ3v) is 3.70. The number of piperidine rings is 1. The van der Waals surface area contributed by atoms with Gasteiger partial charge in [-0.1, -0.05) is 11.6 Å². The highest BCUT2D eigenvalue weighted by molar-refractivity contribution is 6.32. The number of aromatic nitrogens is 2. The van der Waals surface area contributed by atoms with Crippen molar-refractivity contribution in [2.45, 2.75) is 19.4 Å². The molecule has 1 aromatic heterocycles. The molecular formula is C12H18Cl2N4. The molecule has 1 N–H and O–H groups in total. The summed E-state index contributed by atoms with van der Waals surface area (Å²) in [7, 11) is 2.10. The quantitative estimate of drug-likeness (QED) is 0.681. The van der Waals surface area contributed by atoms with Crippen LogP contribution in [0.4, 0.5) is 0 Å².